The molecule has 0 fully saturated rings. The van der Waals surface area contributed by atoms with Gasteiger partial charge < -0.3 is 0 Å². The molecule has 0 atom stereocenters. The van der Waals surface area contributed by atoms with E-state index in [0.29, 0.717) is 4.75 Å². The zero-order valence-corrected chi connectivity index (χ0v) is 12.8. The minimum absolute atomic E-state index is 0.144. The first-order valence-electron chi connectivity index (χ1n) is 6.26. The summed E-state index contributed by atoms with van der Waals surface area (Å²) in [6.07, 6.45) is 4.42. The molecule has 1 rings (SSSR count). The molecule has 0 saturated heterocycles. The Kier molecular flexibility index (Phi) is 4.65. The van der Waals surface area contributed by atoms with Crippen molar-refractivity contribution >= 4 is 11.8 Å². The van der Waals surface area contributed by atoms with Gasteiger partial charge in [0.05, 0.1) is 0 Å². The number of hydrogen-bond donors (Lipinski definition) is 0. The van der Waals surface area contributed by atoms with Gasteiger partial charge in [0, 0.05) is 21.5 Å². The fraction of sp³-hybridized carbons (Fsp3) is 0.667. The van der Waals surface area contributed by atoms with Crippen LogP contribution in [-0.2, 0) is 11.8 Å². The second kappa shape index (κ2) is 5.43. The Labute approximate surface area is 110 Å². The largest absolute Gasteiger partial charge is 0.257 e. The highest BCUT2D eigenvalue weighted by Gasteiger charge is 2.18. The first-order valence-corrected chi connectivity index (χ1v) is 7.49. The van der Waals surface area contributed by atoms with Gasteiger partial charge in [0.15, 0.2) is 0 Å². The van der Waals surface area contributed by atoms with Crippen molar-refractivity contribution in [2.24, 2.45) is 0 Å². The monoisotopic (exact) mass is 251 g/mol. The molecular formula is C15H25NS. The molecule has 0 aliphatic rings. The van der Waals surface area contributed by atoms with Crippen LogP contribution in [0.15, 0.2) is 18.2 Å². The lowest BCUT2D eigenvalue weighted by atomic mass is 9.91. The van der Waals surface area contributed by atoms with Gasteiger partial charge in [-0.25, -0.2) is 0 Å². The maximum absolute atomic E-state index is 4.77. The maximum Gasteiger partial charge on any atom is 0.0460 e. The molecular weight excluding hydrogens is 226 g/mol. The van der Waals surface area contributed by atoms with Crippen LogP contribution in [0.5, 0.6) is 0 Å². The summed E-state index contributed by atoms with van der Waals surface area (Å²) in [5, 5.41) is 0. The highest BCUT2D eigenvalue weighted by Crippen LogP contribution is 2.27. The van der Waals surface area contributed by atoms with Crippen LogP contribution < -0.4 is 0 Å². The van der Waals surface area contributed by atoms with E-state index < -0.39 is 0 Å². The van der Waals surface area contributed by atoms with Gasteiger partial charge in [0.1, 0.15) is 0 Å². The fourth-order valence-electron chi connectivity index (χ4n) is 1.57. The summed E-state index contributed by atoms with van der Waals surface area (Å²) < 4.78 is 0.347. The van der Waals surface area contributed by atoms with Crippen molar-refractivity contribution in [2.75, 3.05) is 6.26 Å². The molecule has 17 heavy (non-hydrogen) atoms. The van der Waals surface area contributed by atoms with Crippen LogP contribution in [0.2, 0.25) is 0 Å². The van der Waals surface area contributed by atoms with Gasteiger partial charge in [0.2, 0.25) is 0 Å². The number of aryl methyl sites for hydroxylation is 1. The Balaban J connectivity index is 2.74. The first kappa shape index (κ1) is 14.6. The van der Waals surface area contributed by atoms with Crippen molar-refractivity contribution in [3.05, 3.63) is 29.6 Å². The van der Waals surface area contributed by atoms with E-state index in [9.17, 15) is 0 Å². The maximum atomic E-state index is 4.77. The smallest absolute Gasteiger partial charge is 0.0460 e. The zero-order chi connectivity index (χ0) is 13.1. The van der Waals surface area contributed by atoms with Crippen LogP contribution in [-0.4, -0.2) is 16.0 Å². The standard InChI is InChI=1S/C15H25NS/c1-14(2,3)13-9-7-8-12(16-13)10-11-15(4,5)17-6/h7-9H,10-11H2,1-6H3. The van der Waals surface area contributed by atoms with Crippen molar-refractivity contribution in [3.8, 4) is 0 Å². The van der Waals surface area contributed by atoms with Crippen molar-refractivity contribution in [1.29, 1.82) is 0 Å². The molecule has 0 radical (unpaired) electrons. The summed E-state index contributed by atoms with van der Waals surface area (Å²) in [6.45, 7) is 11.2. The van der Waals surface area contributed by atoms with Crippen molar-refractivity contribution in [2.45, 2.75) is 57.6 Å². The van der Waals surface area contributed by atoms with Gasteiger partial charge in [0.25, 0.3) is 0 Å². The van der Waals surface area contributed by atoms with Gasteiger partial charge >= 0.3 is 0 Å². The number of pyridine rings is 1. The Morgan fingerprint density at radius 3 is 2.29 bits per heavy atom. The van der Waals surface area contributed by atoms with Gasteiger partial charge in [-0.2, -0.15) is 11.8 Å². The van der Waals surface area contributed by atoms with Crippen molar-refractivity contribution < 1.29 is 0 Å². The molecule has 1 nitrogen and oxygen atoms in total. The van der Waals surface area contributed by atoms with E-state index in [1.807, 2.05) is 11.8 Å². The van der Waals surface area contributed by atoms with Crippen LogP contribution >= 0.6 is 11.8 Å². The first-order chi connectivity index (χ1) is 7.74. The Morgan fingerprint density at radius 1 is 1.12 bits per heavy atom. The quantitative estimate of drug-likeness (QED) is 0.784. The average Bonchev–Trinajstić information content (AvgIpc) is 2.26. The third-order valence-corrected chi connectivity index (χ3v) is 4.42. The minimum atomic E-state index is 0.144. The predicted octanol–water partition coefficient (Wildman–Crippen LogP) is 4.45. The fourth-order valence-corrected chi connectivity index (χ4v) is 1.87. The molecule has 0 aliphatic heterocycles. The average molecular weight is 251 g/mol. The third-order valence-electron chi connectivity index (χ3n) is 3.11. The van der Waals surface area contributed by atoms with E-state index in [-0.39, 0.29) is 5.41 Å². The summed E-state index contributed by atoms with van der Waals surface area (Å²) in [7, 11) is 0. The highest BCUT2D eigenvalue weighted by molar-refractivity contribution is 7.99. The Hall–Kier alpha value is -0.500. The van der Waals surface area contributed by atoms with Crippen molar-refractivity contribution in [3.63, 3.8) is 0 Å². The van der Waals surface area contributed by atoms with E-state index >= 15 is 0 Å². The summed E-state index contributed by atoms with van der Waals surface area (Å²) in [5.41, 5.74) is 2.56. The van der Waals surface area contributed by atoms with Gasteiger partial charge in [-0.3, -0.25) is 4.98 Å². The lowest BCUT2D eigenvalue weighted by molar-refractivity contribution is 0.561. The van der Waals surface area contributed by atoms with Crippen LogP contribution in [0.1, 0.15) is 52.4 Å². The lowest BCUT2D eigenvalue weighted by Gasteiger charge is -2.22. The van der Waals surface area contributed by atoms with E-state index in [0.717, 1.165) is 6.42 Å². The summed E-state index contributed by atoms with van der Waals surface area (Å²) in [6, 6.07) is 6.41. The molecule has 1 heterocycles. The van der Waals surface area contributed by atoms with Crippen LogP contribution in [0.25, 0.3) is 0 Å². The molecule has 0 unspecified atom stereocenters. The molecule has 0 N–H and O–H groups in total. The SMILES string of the molecule is CSC(C)(C)CCc1cccc(C(C)(C)C)n1. The van der Waals surface area contributed by atoms with Crippen molar-refractivity contribution in [1.82, 2.24) is 4.98 Å². The minimum Gasteiger partial charge on any atom is -0.257 e. The highest BCUT2D eigenvalue weighted by atomic mass is 32.2. The lowest BCUT2D eigenvalue weighted by Crippen LogP contribution is -2.17. The van der Waals surface area contributed by atoms with E-state index in [1.54, 1.807) is 0 Å². The second-order valence-electron chi connectivity index (χ2n) is 6.23. The number of thioether (sulfide) groups is 1. The normalized spacial score (nSPS) is 12.8. The topological polar surface area (TPSA) is 12.9 Å². The predicted molar refractivity (Wildman–Crippen MR) is 78.9 cm³/mol. The van der Waals surface area contributed by atoms with Crippen LogP contribution in [0, 0.1) is 0 Å². The number of rotatable bonds is 4. The van der Waals surface area contributed by atoms with Crippen LogP contribution in [0.3, 0.4) is 0 Å². The van der Waals surface area contributed by atoms with E-state index in [4.69, 9.17) is 4.98 Å². The summed E-state index contributed by atoms with van der Waals surface area (Å²) in [4.78, 5) is 4.77. The van der Waals surface area contributed by atoms with Gasteiger partial charge in [-0.15, -0.1) is 0 Å². The van der Waals surface area contributed by atoms with E-state index in [1.165, 1.54) is 17.8 Å². The molecule has 2 heteroatoms. The molecule has 0 aliphatic carbocycles. The molecule has 0 saturated carbocycles. The molecule has 0 amide bonds. The molecule has 1 aromatic rings. The molecule has 0 bridgehead atoms. The zero-order valence-electron chi connectivity index (χ0n) is 12.0. The van der Waals surface area contributed by atoms with Gasteiger partial charge in [-0.1, -0.05) is 40.7 Å². The molecule has 0 spiro atoms. The Bertz CT molecular complexity index is 363. The Morgan fingerprint density at radius 2 is 1.76 bits per heavy atom. The molecule has 96 valence electrons. The number of aromatic nitrogens is 1. The second-order valence-corrected chi connectivity index (χ2v) is 7.74. The molecule has 0 aromatic carbocycles. The summed E-state index contributed by atoms with van der Waals surface area (Å²) >= 11 is 1.93. The summed E-state index contributed by atoms with van der Waals surface area (Å²) in [5.74, 6) is 0. The molecule has 1 aromatic heterocycles. The van der Waals surface area contributed by atoms with Crippen LogP contribution in [0.4, 0.5) is 0 Å². The number of nitrogens with zero attached hydrogens (tertiary/aromatic N) is 1. The number of hydrogen-bond acceptors (Lipinski definition) is 2. The van der Waals surface area contributed by atoms with E-state index in [2.05, 4.69) is 59.1 Å². The third kappa shape index (κ3) is 4.71. The van der Waals surface area contributed by atoms with Gasteiger partial charge in [-0.05, 0) is 31.2 Å².